The van der Waals surface area contributed by atoms with Gasteiger partial charge in [-0.2, -0.15) is 0 Å². The van der Waals surface area contributed by atoms with Gasteiger partial charge < -0.3 is 5.11 Å². The fraction of sp³-hybridized carbons (Fsp3) is 0.0526. The van der Waals surface area contributed by atoms with Crippen molar-refractivity contribution in [2.75, 3.05) is 0 Å². The maximum absolute atomic E-state index is 13.7. The van der Waals surface area contributed by atoms with Gasteiger partial charge in [0.05, 0.1) is 22.5 Å². The fourth-order valence-electron chi connectivity index (χ4n) is 2.98. The van der Waals surface area contributed by atoms with Gasteiger partial charge in [0.2, 0.25) is 0 Å². The number of benzene rings is 2. The Hall–Kier alpha value is -3.32. The summed E-state index contributed by atoms with van der Waals surface area (Å²) in [6.07, 6.45) is 1.42. The van der Waals surface area contributed by atoms with Gasteiger partial charge in [0.15, 0.2) is 0 Å². The molecule has 0 atom stereocenters. The van der Waals surface area contributed by atoms with Crippen molar-refractivity contribution in [1.29, 1.82) is 0 Å². The molecule has 27 heavy (non-hydrogen) atoms. The SMILES string of the molecule is Cc1c(-c2cnc3ccc(F)cc3c2C(=O)O)nnn1-c1ccc(Cl)cc1. The molecular weight excluding hydrogens is 371 g/mol. The summed E-state index contributed by atoms with van der Waals surface area (Å²) in [5.41, 5.74) is 2.31. The van der Waals surface area contributed by atoms with Gasteiger partial charge in [-0.1, -0.05) is 16.8 Å². The number of hydrogen-bond acceptors (Lipinski definition) is 4. The van der Waals surface area contributed by atoms with Gasteiger partial charge in [-0.05, 0) is 49.4 Å². The van der Waals surface area contributed by atoms with E-state index in [2.05, 4.69) is 15.3 Å². The first-order valence-electron chi connectivity index (χ1n) is 7.96. The Balaban J connectivity index is 1.94. The lowest BCUT2D eigenvalue weighted by molar-refractivity contribution is 0.0699. The number of pyridine rings is 1. The Morgan fingerprint density at radius 1 is 1.19 bits per heavy atom. The molecule has 0 radical (unpaired) electrons. The summed E-state index contributed by atoms with van der Waals surface area (Å²) >= 11 is 5.91. The van der Waals surface area contributed by atoms with Gasteiger partial charge in [0.25, 0.3) is 0 Å². The highest BCUT2D eigenvalue weighted by Gasteiger charge is 2.22. The molecule has 8 heteroatoms. The van der Waals surface area contributed by atoms with E-state index in [-0.39, 0.29) is 16.5 Å². The third-order valence-corrected chi connectivity index (χ3v) is 4.52. The number of fused-ring (bicyclic) bond motifs is 1. The van der Waals surface area contributed by atoms with Crippen molar-refractivity contribution in [3.05, 3.63) is 70.8 Å². The Bertz CT molecular complexity index is 1190. The van der Waals surface area contributed by atoms with Crippen molar-refractivity contribution in [3.8, 4) is 16.9 Å². The minimum Gasteiger partial charge on any atom is -0.478 e. The molecule has 0 fully saturated rings. The topological polar surface area (TPSA) is 80.9 Å². The summed E-state index contributed by atoms with van der Waals surface area (Å²) in [4.78, 5) is 16.2. The molecule has 2 heterocycles. The van der Waals surface area contributed by atoms with E-state index in [1.54, 1.807) is 35.9 Å². The maximum Gasteiger partial charge on any atom is 0.337 e. The van der Waals surface area contributed by atoms with E-state index in [1.807, 2.05) is 0 Å². The molecular formula is C19H12ClFN4O2. The van der Waals surface area contributed by atoms with E-state index in [4.69, 9.17) is 11.6 Å². The van der Waals surface area contributed by atoms with Gasteiger partial charge in [0.1, 0.15) is 11.5 Å². The number of carboxylic acid groups (broad SMARTS) is 1. The van der Waals surface area contributed by atoms with Crippen LogP contribution in [0.15, 0.2) is 48.7 Å². The normalized spacial score (nSPS) is 11.1. The fourth-order valence-corrected chi connectivity index (χ4v) is 3.11. The molecule has 0 amide bonds. The predicted octanol–water partition coefficient (Wildman–Crippen LogP) is 4.28. The minimum absolute atomic E-state index is 0.0641. The first-order valence-corrected chi connectivity index (χ1v) is 8.33. The zero-order valence-corrected chi connectivity index (χ0v) is 14.8. The Morgan fingerprint density at radius 2 is 1.93 bits per heavy atom. The largest absolute Gasteiger partial charge is 0.478 e. The van der Waals surface area contributed by atoms with E-state index in [1.165, 1.54) is 18.3 Å². The summed E-state index contributed by atoms with van der Waals surface area (Å²) in [7, 11) is 0. The van der Waals surface area contributed by atoms with Crippen LogP contribution in [0, 0.1) is 12.7 Å². The second-order valence-corrected chi connectivity index (χ2v) is 6.36. The standard InChI is InChI=1S/C19H12ClFN4O2/c1-10-18(23-24-25(10)13-5-2-11(20)3-6-13)15-9-22-16-7-4-12(21)8-14(16)17(15)19(26)27/h2-9H,1H3,(H,26,27). The number of halogens is 2. The van der Waals surface area contributed by atoms with Gasteiger partial charge in [0, 0.05) is 22.2 Å². The first kappa shape index (κ1) is 17.1. The molecule has 2 aromatic heterocycles. The average molecular weight is 383 g/mol. The Morgan fingerprint density at radius 3 is 2.63 bits per heavy atom. The molecule has 4 rings (SSSR count). The van der Waals surface area contributed by atoms with Crippen LogP contribution in [0.5, 0.6) is 0 Å². The number of aromatic nitrogens is 4. The highest BCUT2D eigenvalue weighted by atomic mass is 35.5. The monoisotopic (exact) mass is 382 g/mol. The lowest BCUT2D eigenvalue weighted by Gasteiger charge is -2.09. The summed E-state index contributed by atoms with van der Waals surface area (Å²) in [6, 6.07) is 10.8. The predicted molar refractivity (Wildman–Crippen MR) is 98.8 cm³/mol. The van der Waals surface area contributed by atoms with Gasteiger partial charge >= 0.3 is 5.97 Å². The highest BCUT2D eigenvalue weighted by Crippen LogP contribution is 2.31. The first-order chi connectivity index (χ1) is 13.0. The molecule has 134 valence electrons. The third kappa shape index (κ3) is 2.92. The molecule has 1 N–H and O–H groups in total. The minimum atomic E-state index is -1.19. The Kier molecular flexibility index (Phi) is 4.08. The van der Waals surface area contributed by atoms with Crippen LogP contribution in [-0.2, 0) is 0 Å². The summed E-state index contributed by atoms with van der Waals surface area (Å²) in [5.74, 6) is -1.73. The maximum atomic E-state index is 13.7. The number of hydrogen-bond donors (Lipinski definition) is 1. The lowest BCUT2D eigenvalue weighted by atomic mass is 10.0. The number of carbonyl (C=O) groups is 1. The molecule has 0 aliphatic carbocycles. The molecule has 0 aliphatic heterocycles. The van der Waals surface area contributed by atoms with E-state index < -0.39 is 11.8 Å². The van der Waals surface area contributed by atoms with E-state index in [9.17, 15) is 14.3 Å². The quantitative estimate of drug-likeness (QED) is 0.572. The van der Waals surface area contributed by atoms with Crippen LogP contribution in [0.4, 0.5) is 4.39 Å². The molecule has 0 aliphatic rings. The number of rotatable bonds is 3. The van der Waals surface area contributed by atoms with Crippen LogP contribution in [0.25, 0.3) is 27.8 Å². The van der Waals surface area contributed by atoms with Crippen molar-refractivity contribution < 1.29 is 14.3 Å². The zero-order valence-electron chi connectivity index (χ0n) is 14.0. The lowest BCUT2D eigenvalue weighted by Crippen LogP contribution is -2.04. The molecule has 0 saturated heterocycles. The van der Waals surface area contributed by atoms with Crippen LogP contribution < -0.4 is 0 Å². The van der Waals surface area contributed by atoms with E-state index in [0.29, 0.717) is 21.9 Å². The van der Waals surface area contributed by atoms with E-state index >= 15 is 0 Å². The van der Waals surface area contributed by atoms with Crippen LogP contribution >= 0.6 is 11.6 Å². The number of aromatic carboxylic acids is 1. The summed E-state index contributed by atoms with van der Waals surface area (Å²) < 4.78 is 15.3. The van der Waals surface area contributed by atoms with Gasteiger partial charge in [-0.25, -0.2) is 13.9 Å². The molecule has 6 nitrogen and oxygen atoms in total. The van der Waals surface area contributed by atoms with Crippen LogP contribution in [0.2, 0.25) is 5.02 Å². The van der Waals surface area contributed by atoms with Crippen molar-refractivity contribution in [3.63, 3.8) is 0 Å². The molecule has 0 unspecified atom stereocenters. The average Bonchev–Trinajstić information content (AvgIpc) is 3.02. The molecule has 0 saturated carbocycles. The molecule has 0 bridgehead atoms. The van der Waals surface area contributed by atoms with Gasteiger partial charge in [-0.3, -0.25) is 4.98 Å². The zero-order chi connectivity index (χ0) is 19.1. The second-order valence-electron chi connectivity index (χ2n) is 5.93. The van der Waals surface area contributed by atoms with Crippen molar-refractivity contribution in [2.24, 2.45) is 0 Å². The number of nitrogens with zero attached hydrogens (tertiary/aromatic N) is 4. The van der Waals surface area contributed by atoms with Crippen LogP contribution in [0.3, 0.4) is 0 Å². The van der Waals surface area contributed by atoms with Gasteiger partial charge in [-0.15, -0.1) is 5.10 Å². The summed E-state index contributed by atoms with van der Waals surface area (Å²) in [5, 5.41) is 18.8. The van der Waals surface area contributed by atoms with E-state index in [0.717, 1.165) is 11.8 Å². The number of carboxylic acids is 1. The highest BCUT2D eigenvalue weighted by molar-refractivity contribution is 6.30. The van der Waals surface area contributed by atoms with Crippen molar-refractivity contribution in [2.45, 2.75) is 6.92 Å². The van der Waals surface area contributed by atoms with Crippen molar-refractivity contribution >= 4 is 28.5 Å². The van der Waals surface area contributed by atoms with Crippen LogP contribution in [0.1, 0.15) is 16.1 Å². The van der Waals surface area contributed by atoms with Crippen molar-refractivity contribution in [1.82, 2.24) is 20.0 Å². The third-order valence-electron chi connectivity index (χ3n) is 4.26. The Labute approximate surface area is 157 Å². The van der Waals surface area contributed by atoms with Crippen LogP contribution in [-0.4, -0.2) is 31.1 Å². The molecule has 4 aromatic rings. The molecule has 0 spiro atoms. The smallest absolute Gasteiger partial charge is 0.337 e. The second kappa shape index (κ2) is 6.44. The summed E-state index contributed by atoms with van der Waals surface area (Å²) in [6.45, 7) is 1.77. The molecule has 2 aromatic carbocycles.